The lowest BCUT2D eigenvalue weighted by molar-refractivity contribution is -0.120. The summed E-state index contributed by atoms with van der Waals surface area (Å²) in [4.78, 5) is 27.8. The van der Waals surface area contributed by atoms with E-state index in [1.807, 2.05) is 56.3 Å². The highest BCUT2D eigenvalue weighted by atomic mass is 35.5. The molecule has 172 valence electrons. The first-order chi connectivity index (χ1) is 15.3. The molecule has 0 bridgehead atoms. The monoisotopic (exact) mass is 455 g/mol. The normalized spacial score (nSPS) is 14.8. The molecule has 1 fully saturated rings. The summed E-state index contributed by atoms with van der Waals surface area (Å²) in [7, 11) is 0. The Bertz CT molecular complexity index is 924. The minimum atomic E-state index is -0.246. The molecule has 0 aromatic heterocycles. The van der Waals surface area contributed by atoms with E-state index < -0.39 is 0 Å². The minimum Gasteiger partial charge on any atom is -0.334 e. The molecule has 1 saturated carbocycles. The molecule has 1 aliphatic rings. The standard InChI is InChI=1S/C26H34ClN3O2/c1-26(2,17-28)18-30(25(32)20-11-7-4-8-12-20)16-21-15-22(13-14-23(21)27)29-24(31)19-9-5-3-6-10-19/h4,7-8,11-15,19H,3,5-6,9-10,16-18,28H2,1-2H3,(H,29,31). The van der Waals surface area contributed by atoms with Gasteiger partial charge in [-0.25, -0.2) is 0 Å². The highest BCUT2D eigenvalue weighted by Crippen LogP contribution is 2.28. The largest absolute Gasteiger partial charge is 0.334 e. The first-order valence-corrected chi connectivity index (χ1v) is 11.8. The number of nitrogens with two attached hydrogens (primary N) is 1. The third kappa shape index (κ3) is 6.57. The van der Waals surface area contributed by atoms with Crippen LogP contribution in [0.15, 0.2) is 48.5 Å². The van der Waals surface area contributed by atoms with Crippen molar-refractivity contribution in [3.8, 4) is 0 Å². The van der Waals surface area contributed by atoms with Crippen molar-refractivity contribution in [2.75, 3.05) is 18.4 Å². The van der Waals surface area contributed by atoms with E-state index in [-0.39, 0.29) is 23.1 Å². The molecule has 3 rings (SSSR count). The highest BCUT2D eigenvalue weighted by molar-refractivity contribution is 6.31. The van der Waals surface area contributed by atoms with E-state index in [1.165, 1.54) is 6.42 Å². The molecule has 2 amide bonds. The van der Waals surface area contributed by atoms with Crippen LogP contribution in [0.2, 0.25) is 5.02 Å². The lowest BCUT2D eigenvalue weighted by Gasteiger charge is -2.32. The average molecular weight is 456 g/mol. The van der Waals surface area contributed by atoms with Crippen LogP contribution in [0, 0.1) is 11.3 Å². The summed E-state index contributed by atoms with van der Waals surface area (Å²) in [6, 6.07) is 14.7. The maximum absolute atomic E-state index is 13.3. The fraction of sp³-hybridized carbons (Fsp3) is 0.462. The SMILES string of the molecule is CC(C)(CN)CN(Cc1cc(NC(=O)C2CCCCC2)ccc1Cl)C(=O)c1ccccc1. The van der Waals surface area contributed by atoms with Crippen LogP contribution in [0.1, 0.15) is 61.9 Å². The van der Waals surface area contributed by atoms with Crippen LogP contribution >= 0.6 is 11.6 Å². The Balaban J connectivity index is 1.80. The number of anilines is 1. The molecule has 2 aromatic rings. The zero-order chi connectivity index (χ0) is 23.1. The van der Waals surface area contributed by atoms with Gasteiger partial charge in [-0.05, 0) is 60.7 Å². The summed E-state index contributed by atoms with van der Waals surface area (Å²) in [5, 5.41) is 3.62. The van der Waals surface area contributed by atoms with Gasteiger partial charge in [0.2, 0.25) is 5.91 Å². The van der Waals surface area contributed by atoms with Gasteiger partial charge in [-0.2, -0.15) is 0 Å². The first-order valence-electron chi connectivity index (χ1n) is 11.4. The number of carbonyl (C=O) groups is 2. The van der Waals surface area contributed by atoms with Gasteiger partial charge >= 0.3 is 0 Å². The Hall–Kier alpha value is -2.37. The summed E-state index contributed by atoms with van der Waals surface area (Å²) in [6.07, 6.45) is 5.31. The second kappa shape index (κ2) is 11.0. The number of amides is 2. The van der Waals surface area contributed by atoms with E-state index in [4.69, 9.17) is 17.3 Å². The quantitative estimate of drug-likeness (QED) is 0.552. The predicted molar refractivity (Wildman–Crippen MR) is 131 cm³/mol. The number of nitrogens with one attached hydrogen (secondary N) is 1. The van der Waals surface area contributed by atoms with Crippen LogP contribution in [0.5, 0.6) is 0 Å². The van der Waals surface area contributed by atoms with Gasteiger partial charge in [0.05, 0.1) is 0 Å². The Kier molecular flexibility index (Phi) is 8.32. The number of benzene rings is 2. The number of nitrogens with zero attached hydrogens (tertiary/aromatic N) is 1. The van der Waals surface area contributed by atoms with Gasteiger partial charge in [0.25, 0.3) is 5.91 Å². The van der Waals surface area contributed by atoms with Gasteiger partial charge in [0, 0.05) is 35.3 Å². The van der Waals surface area contributed by atoms with Crippen LogP contribution in [0.25, 0.3) is 0 Å². The molecule has 32 heavy (non-hydrogen) atoms. The molecule has 0 atom stereocenters. The summed E-state index contributed by atoms with van der Waals surface area (Å²) >= 11 is 6.51. The van der Waals surface area contributed by atoms with Crippen molar-refractivity contribution in [2.45, 2.75) is 52.5 Å². The fourth-order valence-electron chi connectivity index (χ4n) is 4.13. The molecule has 0 radical (unpaired) electrons. The van der Waals surface area contributed by atoms with Crippen molar-refractivity contribution in [2.24, 2.45) is 17.1 Å². The Morgan fingerprint density at radius 2 is 1.78 bits per heavy atom. The molecule has 6 heteroatoms. The smallest absolute Gasteiger partial charge is 0.254 e. The van der Waals surface area contributed by atoms with Crippen LogP contribution in [0.4, 0.5) is 5.69 Å². The van der Waals surface area contributed by atoms with Gasteiger partial charge in [-0.15, -0.1) is 0 Å². The zero-order valence-corrected chi connectivity index (χ0v) is 19.8. The summed E-state index contributed by atoms with van der Waals surface area (Å²) in [5.74, 6) is 0.0729. The topological polar surface area (TPSA) is 75.4 Å². The predicted octanol–water partition coefficient (Wildman–Crippen LogP) is 5.49. The van der Waals surface area contributed by atoms with E-state index in [9.17, 15) is 9.59 Å². The van der Waals surface area contributed by atoms with E-state index in [0.717, 1.165) is 31.2 Å². The van der Waals surface area contributed by atoms with Gasteiger partial charge in [-0.1, -0.05) is 62.9 Å². The molecule has 0 unspecified atom stereocenters. The van der Waals surface area contributed by atoms with E-state index in [1.54, 1.807) is 11.0 Å². The third-order valence-electron chi connectivity index (χ3n) is 6.13. The molecule has 0 saturated heterocycles. The third-order valence-corrected chi connectivity index (χ3v) is 6.50. The van der Waals surface area contributed by atoms with Crippen molar-refractivity contribution in [1.82, 2.24) is 4.90 Å². The number of halogens is 1. The average Bonchev–Trinajstić information content (AvgIpc) is 2.81. The number of carbonyl (C=O) groups excluding carboxylic acids is 2. The molecular formula is C26H34ClN3O2. The maximum Gasteiger partial charge on any atom is 0.254 e. The highest BCUT2D eigenvalue weighted by Gasteiger charge is 2.26. The van der Waals surface area contributed by atoms with E-state index in [0.29, 0.717) is 35.9 Å². The van der Waals surface area contributed by atoms with Crippen molar-refractivity contribution < 1.29 is 9.59 Å². The van der Waals surface area contributed by atoms with E-state index in [2.05, 4.69) is 5.32 Å². The molecule has 0 aliphatic heterocycles. The van der Waals surface area contributed by atoms with Crippen LogP contribution < -0.4 is 11.1 Å². The van der Waals surface area contributed by atoms with Crippen molar-refractivity contribution >= 4 is 29.1 Å². The van der Waals surface area contributed by atoms with Gasteiger partial charge in [0.1, 0.15) is 0 Å². The number of rotatable bonds is 8. The molecule has 0 heterocycles. The molecular weight excluding hydrogens is 422 g/mol. The first kappa shape index (κ1) is 24.3. The summed E-state index contributed by atoms with van der Waals surface area (Å²) < 4.78 is 0. The number of hydrogen-bond acceptors (Lipinski definition) is 3. The number of hydrogen-bond donors (Lipinski definition) is 2. The van der Waals surface area contributed by atoms with Crippen LogP contribution in [-0.4, -0.2) is 29.8 Å². The van der Waals surface area contributed by atoms with Gasteiger partial charge in [-0.3, -0.25) is 9.59 Å². The fourth-order valence-corrected chi connectivity index (χ4v) is 4.31. The Labute approximate surface area is 196 Å². The molecule has 5 nitrogen and oxygen atoms in total. The summed E-state index contributed by atoms with van der Waals surface area (Å²) in [6.45, 7) is 5.37. The minimum absolute atomic E-state index is 0.0689. The Morgan fingerprint density at radius 1 is 1.09 bits per heavy atom. The lowest BCUT2D eigenvalue weighted by atomic mass is 9.88. The second-order valence-corrected chi connectivity index (χ2v) is 9.93. The summed E-state index contributed by atoms with van der Waals surface area (Å²) in [5.41, 5.74) is 7.84. The second-order valence-electron chi connectivity index (χ2n) is 9.53. The molecule has 1 aliphatic carbocycles. The van der Waals surface area contributed by atoms with Gasteiger partial charge < -0.3 is 16.0 Å². The van der Waals surface area contributed by atoms with Crippen molar-refractivity contribution in [1.29, 1.82) is 0 Å². The molecule has 0 spiro atoms. The lowest BCUT2D eigenvalue weighted by Crippen LogP contribution is -2.41. The van der Waals surface area contributed by atoms with Crippen molar-refractivity contribution in [3.63, 3.8) is 0 Å². The molecule has 2 aromatic carbocycles. The van der Waals surface area contributed by atoms with E-state index >= 15 is 0 Å². The molecule has 3 N–H and O–H groups in total. The maximum atomic E-state index is 13.3. The van der Waals surface area contributed by atoms with Gasteiger partial charge in [0.15, 0.2) is 0 Å². The van der Waals surface area contributed by atoms with Crippen LogP contribution in [0.3, 0.4) is 0 Å². The van der Waals surface area contributed by atoms with Crippen LogP contribution in [-0.2, 0) is 11.3 Å². The zero-order valence-electron chi connectivity index (χ0n) is 19.1. The Morgan fingerprint density at radius 3 is 2.44 bits per heavy atom. The van der Waals surface area contributed by atoms with Crippen molar-refractivity contribution in [3.05, 3.63) is 64.7 Å².